The van der Waals surface area contributed by atoms with Crippen molar-refractivity contribution in [3.05, 3.63) is 63.2 Å². The smallest absolute Gasteiger partial charge is 0.293 e. The quantitative estimate of drug-likeness (QED) is 0.663. The van der Waals surface area contributed by atoms with Crippen LogP contribution in [0.5, 0.6) is 5.75 Å². The number of nitrogens with one attached hydrogen (secondary N) is 1. The molecule has 6 nitrogen and oxygen atoms in total. The van der Waals surface area contributed by atoms with Crippen LogP contribution < -0.4 is 5.32 Å². The first-order valence-electron chi connectivity index (χ1n) is 6.23. The fourth-order valence-electron chi connectivity index (χ4n) is 1.95. The van der Waals surface area contributed by atoms with E-state index in [1.165, 1.54) is 18.2 Å². The molecular weight excluding hydrogens is 270 g/mol. The molecule has 0 aliphatic heterocycles. The van der Waals surface area contributed by atoms with E-state index in [9.17, 15) is 15.2 Å². The van der Waals surface area contributed by atoms with Crippen LogP contribution in [0.3, 0.4) is 0 Å². The number of phenolic OH excluding ortho intramolecular Hbond substituents is 1. The maximum atomic E-state index is 11.0. The number of rotatable bonds is 4. The average Bonchev–Trinajstić information content (AvgIpc) is 2.48. The van der Waals surface area contributed by atoms with E-state index in [0.29, 0.717) is 11.3 Å². The molecule has 0 aliphatic carbocycles. The van der Waals surface area contributed by atoms with Crippen molar-refractivity contribution in [1.82, 2.24) is 0 Å². The molecule has 2 aromatic carbocycles. The molecule has 6 heteroatoms. The third-order valence-electron chi connectivity index (χ3n) is 3.11. The number of aryl methyl sites for hydroxylation is 1. The van der Waals surface area contributed by atoms with Crippen molar-refractivity contribution in [2.75, 3.05) is 5.32 Å². The van der Waals surface area contributed by atoms with Gasteiger partial charge in [-0.3, -0.25) is 10.1 Å². The van der Waals surface area contributed by atoms with Gasteiger partial charge in [0.05, 0.1) is 16.6 Å². The molecule has 0 aliphatic rings. The number of nitriles is 1. The van der Waals surface area contributed by atoms with Gasteiger partial charge in [0.2, 0.25) is 0 Å². The number of nitro benzene ring substituents is 1. The minimum absolute atomic E-state index is 0.166. The number of hydrogen-bond donors (Lipinski definition) is 2. The molecule has 0 radical (unpaired) electrons. The molecule has 0 spiro atoms. The van der Waals surface area contributed by atoms with Gasteiger partial charge in [-0.05, 0) is 24.6 Å². The van der Waals surface area contributed by atoms with Gasteiger partial charge in [-0.1, -0.05) is 18.2 Å². The summed E-state index contributed by atoms with van der Waals surface area (Å²) in [5.74, 6) is 0.168. The lowest BCUT2D eigenvalue weighted by Gasteiger charge is -2.10. The van der Waals surface area contributed by atoms with Crippen molar-refractivity contribution in [3.63, 3.8) is 0 Å². The van der Waals surface area contributed by atoms with Crippen molar-refractivity contribution in [2.24, 2.45) is 0 Å². The van der Waals surface area contributed by atoms with E-state index < -0.39 is 4.92 Å². The Morgan fingerprint density at radius 2 is 2.14 bits per heavy atom. The predicted octanol–water partition coefficient (Wildman–Crippen LogP) is 3.09. The van der Waals surface area contributed by atoms with Gasteiger partial charge in [0, 0.05) is 18.2 Å². The molecule has 0 saturated carbocycles. The monoisotopic (exact) mass is 283 g/mol. The van der Waals surface area contributed by atoms with Crippen LogP contribution in [0.2, 0.25) is 0 Å². The summed E-state index contributed by atoms with van der Waals surface area (Å²) in [5.41, 5.74) is 1.75. The van der Waals surface area contributed by atoms with Gasteiger partial charge < -0.3 is 10.4 Å². The van der Waals surface area contributed by atoms with Gasteiger partial charge in [0.15, 0.2) is 0 Å². The molecule has 0 unspecified atom stereocenters. The van der Waals surface area contributed by atoms with Crippen LogP contribution in [-0.2, 0) is 6.54 Å². The highest BCUT2D eigenvalue weighted by molar-refractivity contribution is 5.64. The van der Waals surface area contributed by atoms with Crippen molar-refractivity contribution in [3.8, 4) is 11.8 Å². The molecule has 2 aromatic rings. The largest absolute Gasteiger partial charge is 0.507 e. The lowest BCUT2D eigenvalue weighted by atomic mass is 10.1. The minimum Gasteiger partial charge on any atom is -0.507 e. The maximum Gasteiger partial charge on any atom is 0.293 e. The standard InChI is InChI=1S/C15H13N3O3/c1-10-3-2-4-12(15(10)19)9-17-13-6-5-11(8-16)7-14(13)18(20)21/h2-7,17,19H,9H2,1H3. The minimum atomic E-state index is -0.542. The Bertz CT molecular complexity index is 735. The predicted molar refractivity (Wildman–Crippen MR) is 78.0 cm³/mol. The fraction of sp³-hybridized carbons (Fsp3) is 0.133. The SMILES string of the molecule is Cc1cccc(CNc2ccc(C#N)cc2[N+](=O)[O-])c1O. The molecule has 2 rings (SSSR count). The second-order valence-corrected chi connectivity index (χ2v) is 4.54. The van der Waals surface area contributed by atoms with Crippen LogP contribution in [0, 0.1) is 28.4 Å². The number of nitrogens with zero attached hydrogens (tertiary/aromatic N) is 2. The summed E-state index contributed by atoms with van der Waals surface area (Å²) in [7, 11) is 0. The highest BCUT2D eigenvalue weighted by Gasteiger charge is 2.15. The second kappa shape index (κ2) is 5.92. The number of nitro groups is 1. The first kappa shape index (κ1) is 14.3. The maximum absolute atomic E-state index is 11.0. The first-order chi connectivity index (χ1) is 10.0. The molecule has 0 bridgehead atoms. The second-order valence-electron chi connectivity index (χ2n) is 4.54. The normalized spacial score (nSPS) is 9.90. The summed E-state index contributed by atoms with van der Waals surface area (Å²) in [6.07, 6.45) is 0. The zero-order valence-corrected chi connectivity index (χ0v) is 11.3. The van der Waals surface area contributed by atoms with Gasteiger partial charge in [0.25, 0.3) is 5.69 Å². The van der Waals surface area contributed by atoms with Crippen LogP contribution in [0.4, 0.5) is 11.4 Å². The molecule has 21 heavy (non-hydrogen) atoms. The third-order valence-corrected chi connectivity index (χ3v) is 3.11. The number of aromatic hydroxyl groups is 1. The Morgan fingerprint density at radius 3 is 2.81 bits per heavy atom. The molecule has 0 amide bonds. The van der Waals surface area contributed by atoms with Gasteiger partial charge in [-0.15, -0.1) is 0 Å². The number of phenols is 1. The number of anilines is 1. The Morgan fingerprint density at radius 1 is 1.38 bits per heavy atom. The molecule has 0 fully saturated rings. The van der Waals surface area contributed by atoms with Crippen LogP contribution >= 0.6 is 0 Å². The van der Waals surface area contributed by atoms with E-state index in [0.717, 1.165) is 5.56 Å². The molecular formula is C15H13N3O3. The van der Waals surface area contributed by atoms with Gasteiger partial charge >= 0.3 is 0 Å². The number of hydrogen-bond acceptors (Lipinski definition) is 5. The van der Waals surface area contributed by atoms with Crippen molar-refractivity contribution >= 4 is 11.4 Å². The van der Waals surface area contributed by atoms with E-state index in [1.807, 2.05) is 6.07 Å². The zero-order valence-electron chi connectivity index (χ0n) is 11.3. The summed E-state index contributed by atoms with van der Waals surface area (Å²) >= 11 is 0. The summed E-state index contributed by atoms with van der Waals surface area (Å²) in [5, 5.41) is 32.7. The van der Waals surface area contributed by atoms with E-state index in [-0.39, 0.29) is 23.5 Å². The Balaban J connectivity index is 2.26. The fourth-order valence-corrected chi connectivity index (χ4v) is 1.95. The Kier molecular flexibility index (Phi) is 4.05. The zero-order chi connectivity index (χ0) is 15.4. The van der Waals surface area contributed by atoms with E-state index >= 15 is 0 Å². The lowest BCUT2D eigenvalue weighted by Crippen LogP contribution is -2.03. The van der Waals surface area contributed by atoms with Crippen molar-refractivity contribution in [1.29, 1.82) is 5.26 Å². The van der Waals surface area contributed by atoms with Gasteiger partial charge in [-0.25, -0.2) is 0 Å². The summed E-state index contributed by atoms with van der Waals surface area (Å²) in [6.45, 7) is 2.03. The molecule has 0 heterocycles. The molecule has 106 valence electrons. The van der Waals surface area contributed by atoms with Crippen LogP contribution in [0.25, 0.3) is 0 Å². The van der Waals surface area contributed by atoms with Crippen LogP contribution in [-0.4, -0.2) is 10.0 Å². The topological polar surface area (TPSA) is 99.2 Å². The molecule has 0 saturated heterocycles. The number of benzene rings is 2. The van der Waals surface area contributed by atoms with Gasteiger partial charge in [-0.2, -0.15) is 5.26 Å². The van der Waals surface area contributed by atoms with Crippen molar-refractivity contribution < 1.29 is 10.0 Å². The average molecular weight is 283 g/mol. The summed E-state index contributed by atoms with van der Waals surface area (Å²) in [4.78, 5) is 10.5. The van der Waals surface area contributed by atoms with Crippen LogP contribution in [0.1, 0.15) is 16.7 Å². The van der Waals surface area contributed by atoms with E-state index in [4.69, 9.17) is 5.26 Å². The summed E-state index contributed by atoms with van der Waals surface area (Å²) in [6, 6.07) is 11.4. The molecule has 2 N–H and O–H groups in total. The molecule has 0 atom stereocenters. The number of para-hydroxylation sites is 1. The Hall–Kier alpha value is -3.07. The van der Waals surface area contributed by atoms with E-state index in [2.05, 4.69) is 5.32 Å². The lowest BCUT2D eigenvalue weighted by molar-refractivity contribution is -0.384. The Labute approximate surface area is 121 Å². The highest BCUT2D eigenvalue weighted by atomic mass is 16.6. The molecule has 0 aromatic heterocycles. The highest BCUT2D eigenvalue weighted by Crippen LogP contribution is 2.27. The van der Waals surface area contributed by atoms with Gasteiger partial charge in [0.1, 0.15) is 11.4 Å². The van der Waals surface area contributed by atoms with E-state index in [1.54, 1.807) is 25.1 Å². The van der Waals surface area contributed by atoms with Crippen molar-refractivity contribution in [2.45, 2.75) is 13.5 Å². The summed E-state index contributed by atoms with van der Waals surface area (Å²) < 4.78 is 0. The van der Waals surface area contributed by atoms with Crippen LogP contribution in [0.15, 0.2) is 36.4 Å². The third kappa shape index (κ3) is 3.09. The first-order valence-corrected chi connectivity index (χ1v) is 6.23.